The Kier molecular flexibility index (Phi) is 9.29. The fourth-order valence-electron chi connectivity index (χ4n) is 7.95. The molecule has 0 saturated carbocycles. The van der Waals surface area contributed by atoms with Crippen molar-refractivity contribution in [1.29, 1.82) is 0 Å². The number of nitrogens with zero attached hydrogens (tertiary/aromatic N) is 4. The van der Waals surface area contributed by atoms with Crippen LogP contribution in [-0.2, 0) is 20.9 Å². The van der Waals surface area contributed by atoms with Crippen LogP contribution in [0.5, 0.6) is 5.75 Å². The summed E-state index contributed by atoms with van der Waals surface area (Å²) in [7, 11) is 2.91. The molecule has 8 rings (SSSR count). The predicted octanol–water partition coefficient (Wildman–Crippen LogP) is 6.86. The number of ether oxygens (including phenoxy) is 3. The van der Waals surface area contributed by atoms with Gasteiger partial charge < -0.3 is 39.5 Å². The number of carbonyl (C=O) groups excluding carboxylic acids is 2. The third-order valence-corrected chi connectivity index (χ3v) is 10.7. The maximum Gasteiger partial charge on any atom is 0.407 e. The Morgan fingerprint density at radius 2 is 1.91 bits per heavy atom. The van der Waals surface area contributed by atoms with Crippen LogP contribution in [0.3, 0.4) is 0 Å². The normalized spacial score (nSPS) is 18.4. The monoisotopic (exact) mass is 745 g/mol. The van der Waals surface area contributed by atoms with Gasteiger partial charge in [0.1, 0.15) is 24.2 Å². The average molecular weight is 746 g/mol. The molecule has 1 saturated heterocycles. The van der Waals surface area contributed by atoms with Crippen LogP contribution < -0.4 is 10.1 Å². The van der Waals surface area contributed by atoms with E-state index in [1.165, 1.54) is 12.0 Å². The van der Waals surface area contributed by atoms with E-state index < -0.39 is 18.2 Å². The molecule has 0 spiro atoms. The Bertz CT molecular complexity index is 2410. The van der Waals surface area contributed by atoms with Crippen LogP contribution in [0.25, 0.3) is 49.9 Å². The van der Waals surface area contributed by atoms with Crippen LogP contribution in [-0.4, -0.2) is 92.9 Å². The van der Waals surface area contributed by atoms with Gasteiger partial charge in [-0.1, -0.05) is 43.7 Å². The molecule has 284 valence electrons. The van der Waals surface area contributed by atoms with Gasteiger partial charge in [-0.3, -0.25) is 9.69 Å². The Balaban J connectivity index is 1.09. The molecular weight excluding hydrogens is 702 g/mol. The number of likely N-dealkylation sites (tertiary alicyclic amines) is 1. The molecule has 14 nitrogen and oxygen atoms in total. The SMILES string of the molecule is COC[C@H]1C[C@@H](c2ncc(-c3ccc4c(c3)COc3cc5c(ccc6nc(C7=CC=C(C)CN7C(=O)[C@@H](NC(=O)OC)C(C)C)[nH]c65)cc3-4)[nH]2)N(C(=O)O)C1. The molecule has 3 aliphatic heterocycles. The number of carbonyl (C=O) groups is 3. The number of fused-ring (bicyclic) bond motifs is 6. The van der Waals surface area contributed by atoms with Crippen LogP contribution >= 0.6 is 0 Å². The summed E-state index contributed by atoms with van der Waals surface area (Å²) in [6, 6.07) is 13.2. The maximum absolute atomic E-state index is 13.9. The second-order valence-electron chi connectivity index (χ2n) is 14.8. The van der Waals surface area contributed by atoms with Crippen LogP contribution in [0.15, 0.2) is 66.4 Å². The van der Waals surface area contributed by atoms with E-state index in [4.69, 9.17) is 19.2 Å². The first-order valence-corrected chi connectivity index (χ1v) is 18.3. The highest BCUT2D eigenvalue weighted by atomic mass is 16.5. The van der Waals surface area contributed by atoms with E-state index in [1.807, 2.05) is 57.2 Å². The van der Waals surface area contributed by atoms with Gasteiger partial charge in [0.15, 0.2) is 5.82 Å². The van der Waals surface area contributed by atoms with Crippen molar-refractivity contribution >= 4 is 45.6 Å². The molecule has 5 heterocycles. The molecule has 0 unspecified atom stereocenters. The molecule has 3 aromatic carbocycles. The van der Waals surface area contributed by atoms with Crippen molar-refractivity contribution < 1.29 is 33.7 Å². The predicted molar refractivity (Wildman–Crippen MR) is 206 cm³/mol. The van der Waals surface area contributed by atoms with E-state index in [0.29, 0.717) is 50.1 Å². The number of imidazole rings is 2. The summed E-state index contributed by atoms with van der Waals surface area (Å²) in [5.74, 6) is 1.59. The van der Waals surface area contributed by atoms with E-state index in [2.05, 4.69) is 38.5 Å². The number of hydrogen-bond acceptors (Lipinski definition) is 8. The highest BCUT2D eigenvalue weighted by Gasteiger charge is 2.38. The van der Waals surface area contributed by atoms with Gasteiger partial charge >= 0.3 is 12.2 Å². The zero-order valence-corrected chi connectivity index (χ0v) is 31.3. The lowest BCUT2D eigenvalue weighted by Crippen LogP contribution is -2.51. The first-order chi connectivity index (χ1) is 26.5. The summed E-state index contributed by atoms with van der Waals surface area (Å²) < 4.78 is 16.5. The van der Waals surface area contributed by atoms with Crippen molar-refractivity contribution in [1.82, 2.24) is 35.1 Å². The summed E-state index contributed by atoms with van der Waals surface area (Å²) >= 11 is 0. The Labute approximate surface area is 317 Å². The molecule has 0 radical (unpaired) electrons. The zero-order valence-electron chi connectivity index (χ0n) is 31.3. The van der Waals surface area contributed by atoms with Gasteiger partial charge in [0.05, 0.1) is 48.4 Å². The first-order valence-electron chi connectivity index (χ1n) is 18.3. The minimum atomic E-state index is -0.966. The third-order valence-electron chi connectivity index (χ3n) is 10.7. The van der Waals surface area contributed by atoms with Crippen molar-refractivity contribution in [3.05, 3.63) is 83.6 Å². The molecule has 55 heavy (non-hydrogen) atoms. The van der Waals surface area contributed by atoms with E-state index in [0.717, 1.165) is 61.1 Å². The number of carboxylic acid groups (broad SMARTS) is 1. The summed E-state index contributed by atoms with van der Waals surface area (Å²) in [5.41, 5.74) is 7.97. The largest absolute Gasteiger partial charge is 0.488 e. The summed E-state index contributed by atoms with van der Waals surface area (Å²) in [4.78, 5) is 57.5. The standard InChI is InChI=1S/C41H43N7O7/c1-21(2)35(46-40(50)54-5)39(49)47-17-22(3)6-11-32(47)38-43-30-10-8-24-14-29-27-9-7-25(13-26(27)20-55-34(29)15-28(24)36(30)45-38)31-16-42-37(44-31)33-12-23(19-53-4)18-48(33)41(51)52/h6-11,13-16,21,23,33,35H,12,17-20H2,1-5H3,(H,42,44)(H,43,45)(H,46,50)(H,51,52)/t23-,33-,35-/m0/s1. The van der Waals surface area contributed by atoms with Gasteiger partial charge in [0.25, 0.3) is 0 Å². The number of amides is 3. The fourth-order valence-corrected chi connectivity index (χ4v) is 7.95. The van der Waals surface area contributed by atoms with Gasteiger partial charge in [-0.2, -0.15) is 0 Å². The molecule has 3 atom stereocenters. The topological polar surface area (TPSA) is 175 Å². The Morgan fingerprint density at radius 1 is 1.07 bits per heavy atom. The number of hydrogen-bond donors (Lipinski definition) is 4. The first kappa shape index (κ1) is 35.9. The van der Waals surface area contributed by atoms with Gasteiger partial charge in [-0.05, 0) is 71.7 Å². The molecule has 0 bridgehead atoms. The smallest absolute Gasteiger partial charge is 0.407 e. The van der Waals surface area contributed by atoms with Crippen molar-refractivity contribution in [2.24, 2.45) is 11.8 Å². The van der Waals surface area contributed by atoms with Crippen molar-refractivity contribution in [2.75, 3.05) is 33.9 Å². The van der Waals surface area contributed by atoms with Crippen molar-refractivity contribution in [3.63, 3.8) is 0 Å². The molecule has 5 aromatic rings. The zero-order chi connectivity index (χ0) is 38.5. The summed E-state index contributed by atoms with van der Waals surface area (Å²) in [6.45, 7) is 7.35. The highest BCUT2D eigenvalue weighted by Crippen LogP contribution is 2.43. The molecule has 0 aliphatic carbocycles. The van der Waals surface area contributed by atoms with Gasteiger partial charge in [-0.15, -0.1) is 0 Å². The van der Waals surface area contributed by atoms with Crippen LogP contribution in [0.1, 0.15) is 50.4 Å². The number of methoxy groups -OCH3 is 2. The average Bonchev–Trinajstić information content (AvgIpc) is 3.95. The van der Waals surface area contributed by atoms with Crippen molar-refractivity contribution in [3.8, 4) is 28.1 Å². The molecule has 4 N–H and O–H groups in total. The summed E-state index contributed by atoms with van der Waals surface area (Å²) in [5, 5.41) is 14.5. The molecule has 14 heteroatoms. The van der Waals surface area contributed by atoms with E-state index >= 15 is 0 Å². The minimum absolute atomic E-state index is 0.112. The summed E-state index contributed by atoms with van der Waals surface area (Å²) in [6.07, 6.45) is 4.62. The molecular formula is C41H43N7O7. The molecule has 3 amide bonds. The van der Waals surface area contributed by atoms with Gasteiger partial charge in [0.2, 0.25) is 5.91 Å². The highest BCUT2D eigenvalue weighted by molar-refractivity contribution is 6.07. The lowest BCUT2D eigenvalue weighted by Gasteiger charge is -2.32. The third kappa shape index (κ3) is 6.56. The number of aromatic amines is 2. The number of alkyl carbamates (subject to hydrolysis) is 1. The second kappa shape index (κ2) is 14.3. The van der Waals surface area contributed by atoms with Crippen LogP contribution in [0.2, 0.25) is 0 Å². The number of nitrogens with one attached hydrogen (secondary N) is 3. The fraction of sp³-hybridized carbons (Fsp3) is 0.341. The Morgan fingerprint density at radius 3 is 2.67 bits per heavy atom. The van der Waals surface area contributed by atoms with E-state index in [-0.39, 0.29) is 23.8 Å². The van der Waals surface area contributed by atoms with Crippen LogP contribution in [0, 0.1) is 11.8 Å². The lowest BCUT2D eigenvalue weighted by atomic mass is 9.92. The molecule has 1 fully saturated rings. The molecule has 3 aliphatic rings. The van der Waals surface area contributed by atoms with Gasteiger partial charge in [-0.25, -0.2) is 19.6 Å². The number of aromatic nitrogens is 4. The number of benzene rings is 3. The Hall–Kier alpha value is -6.15. The van der Waals surface area contributed by atoms with E-state index in [9.17, 15) is 19.5 Å². The quantitative estimate of drug-likeness (QED) is 0.132. The number of rotatable bonds is 8. The second-order valence-corrected chi connectivity index (χ2v) is 14.8. The number of allylic oxidation sites excluding steroid dienone is 2. The van der Waals surface area contributed by atoms with Crippen LogP contribution in [0.4, 0.5) is 9.59 Å². The lowest BCUT2D eigenvalue weighted by molar-refractivity contribution is -0.130. The van der Waals surface area contributed by atoms with Crippen molar-refractivity contribution in [2.45, 2.75) is 45.9 Å². The minimum Gasteiger partial charge on any atom is -0.488 e. The molecule has 2 aromatic heterocycles. The van der Waals surface area contributed by atoms with Gasteiger partial charge in [0, 0.05) is 37.1 Å². The van der Waals surface area contributed by atoms with E-state index in [1.54, 1.807) is 18.2 Å². The number of H-pyrrole nitrogens is 2. The maximum atomic E-state index is 13.9.